The van der Waals surface area contributed by atoms with Crippen molar-refractivity contribution in [2.75, 3.05) is 38.2 Å². The van der Waals surface area contributed by atoms with E-state index in [-0.39, 0.29) is 24.0 Å². The summed E-state index contributed by atoms with van der Waals surface area (Å²) in [5, 5.41) is 12.3. The summed E-state index contributed by atoms with van der Waals surface area (Å²) < 4.78 is 54.3. The minimum atomic E-state index is -4.61. The van der Waals surface area contributed by atoms with Gasteiger partial charge >= 0.3 is 18.2 Å². The maximum absolute atomic E-state index is 12.9. The molecule has 1 aliphatic heterocycles. The maximum Gasteiger partial charge on any atom is 0.410 e. The van der Waals surface area contributed by atoms with Crippen LogP contribution in [0.2, 0.25) is 0 Å². The van der Waals surface area contributed by atoms with Gasteiger partial charge in [0.1, 0.15) is 24.5 Å². The first-order valence-electron chi connectivity index (χ1n) is 9.74. The summed E-state index contributed by atoms with van der Waals surface area (Å²) in [5.74, 6) is -1.03. The van der Waals surface area contributed by atoms with Gasteiger partial charge in [0.05, 0.1) is 18.2 Å². The number of carbonyl (C=O) groups excluding carboxylic acids is 1. The number of nitrogens with one attached hydrogen (secondary N) is 1. The van der Waals surface area contributed by atoms with Gasteiger partial charge in [-0.3, -0.25) is 4.90 Å². The van der Waals surface area contributed by atoms with Crippen molar-refractivity contribution >= 4 is 17.7 Å². The highest BCUT2D eigenvalue weighted by molar-refractivity contribution is 5.89. The minimum Gasteiger partial charge on any atom is -0.492 e. The number of amides is 1. The molecule has 1 saturated heterocycles. The Hall–Kier alpha value is -2.69. The van der Waals surface area contributed by atoms with E-state index in [0.29, 0.717) is 23.7 Å². The topological polar surface area (TPSA) is 97.3 Å². The normalized spacial score (nSPS) is 16.3. The standard InChI is InChI=1S/C20H27F3N2O6/c1-19(2,3)31-18(28)25(12-20(21,22)23)5-7-30-16-9-13(17(26)27)8-14(10-16)24-11-15-4-6-29-15/h8-10,15,24H,4-7,11-12H2,1-3H3,(H,26,27)/t15-/m0/s1. The Balaban J connectivity index is 2.02. The molecule has 1 atom stereocenters. The van der Waals surface area contributed by atoms with Crippen molar-refractivity contribution < 1.29 is 42.1 Å². The van der Waals surface area contributed by atoms with Gasteiger partial charge in [0.25, 0.3) is 0 Å². The van der Waals surface area contributed by atoms with Gasteiger partial charge in [-0.1, -0.05) is 0 Å². The van der Waals surface area contributed by atoms with E-state index < -0.39 is 36.9 Å². The van der Waals surface area contributed by atoms with Gasteiger partial charge in [0, 0.05) is 24.9 Å². The number of rotatable bonds is 9. The SMILES string of the molecule is CC(C)(C)OC(=O)N(CCOc1cc(NC[C@@H]2CCO2)cc(C(=O)O)c1)CC(F)(F)F. The number of carbonyl (C=O) groups is 2. The minimum absolute atomic E-state index is 0.0441. The highest BCUT2D eigenvalue weighted by atomic mass is 19.4. The summed E-state index contributed by atoms with van der Waals surface area (Å²) in [6, 6.07) is 4.21. The second-order valence-corrected chi connectivity index (χ2v) is 8.08. The monoisotopic (exact) mass is 448 g/mol. The van der Waals surface area contributed by atoms with Crippen molar-refractivity contribution in [3.63, 3.8) is 0 Å². The van der Waals surface area contributed by atoms with Crippen LogP contribution in [0, 0.1) is 0 Å². The number of halogens is 3. The summed E-state index contributed by atoms with van der Waals surface area (Å²) in [5.41, 5.74) is -0.527. The molecule has 2 rings (SSSR count). The number of benzene rings is 1. The Morgan fingerprint density at radius 2 is 1.94 bits per heavy atom. The van der Waals surface area contributed by atoms with Crippen LogP contribution in [0.4, 0.5) is 23.7 Å². The number of hydrogen-bond acceptors (Lipinski definition) is 6. The number of anilines is 1. The molecule has 1 amide bonds. The van der Waals surface area contributed by atoms with Crippen LogP contribution in [0.5, 0.6) is 5.75 Å². The average Bonchev–Trinajstić information content (AvgIpc) is 2.56. The van der Waals surface area contributed by atoms with Gasteiger partial charge in [-0.05, 0) is 39.3 Å². The molecule has 2 N–H and O–H groups in total. The van der Waals surface area contributed by atoms with E-state index >= 15 is 0 Å². The lowest BCUT2D eigenvalue weighted by atomic mass is 10.1. The molecule has 31 heavy (non-hydrogen) atoms. The Morgan fingerprint density at radius 1 is 1.26 bits per heavy atom. The molecular weight excluding hydrogens is 421 g/mol. The molecule has 0 unspecified atom stereocenters. The fraction of sp³-hybridized carbons (Fsp3) is 0.600. The van der Waals surface area contributed by atoms with E-state index in [0.717, 1.165) is 6.42 Å². The first-order valence-corrected chi connectivity index (χ1v) is 9.74. The van der Waals surface area contributed by atoms with E-state index in [2.05, 4.69) is 5.32 Å². The predicted octanol–water partition coefficient (Wildman–Crippen LogP) is 3.76. The molecule has 8 nitrogen and oxygen atoms in total. The van der Waals surface area contributed by atoms with Crippen LogP contribution >= 0.6 is 0 Å². The Bertz CT molecular complexity index is 775. The van der Waals surface area contributed by atoms with Crippen LogP contribution in [0.3, 0.4) is 0 Å². The molecule has 0 aromatic heterocycles. The van der Waals surface area contributed by atoms with Crippen LogP contribution in [0.15, 0.2) is 18.2 Å². The van der Waals surface area contributed by atoms with Crippen molar-refractivity contribution in [2.24, 2.45) is 0 Å². The lowest BCUT2D eigenvalue weighted by Gasteiger charge is -2.28. The van der Waals surface area contributed by atoms with Gasteiger partial charge < -0.3 is 24.6 Å². The molecule has 1 aromatic rings. The quantitative estimate of drug-likeness (QED) is 0.594. The molecule has 1 aromatic carbocycles. The van der Waals surface area contributed by atoms with Crippen LogP contribution in [0.1, 0.15) is 37.6 Å². The maximum atomic E-state index is 12.9. The highest BCUT2D eigenvalue weighted by Crippen LogP contribution is 2.23. The number of carboxylic acids is 1. The molecular formula is C20H27F3N2O6. The van der Waals surface area contributed by atoms with Gasteiger partial charge in [-0.15, -0.1) is 0 Å². The molecule has 0 spiro atoms. The van der Waals surface area contributed by atoms with Crippen molar-refractivity contribution in [1.29, 1.82) is 0 Å². The highest BCUT2D eigenvalue weighted by Gasteiger charge is 2.35. The van der Waals surface area contributed by atoms with Crippen molar-refractivity contribution in [2.45, 2.75) is 45.1 Å². The van der Waals surface area contributed by atoms with Gasteiger partial charge in [0.2, 0.25) is 0 Å². The van der Waals surface area contributed by atoms with Crippen LogP contribution in [-0.2, 0) is 9.47 Å². The molecule has 0 aliphatic carbocycles. The largest absolute Gasteiger partial charge is 0.492 e. The summed E-state index contributed by atoms with van der Waals surface area (Å²) >= 11 is 0. The van der Waals surface area contributed by atoms with Crippen LogP contribution in [-0.4, -0.2) is 72.8 Å². The smallest absolute Gasteiger partial charge is 0.410 e. The first-order chi connectivity index (χ1) is 14.3. The molecule has 174 valence electrons. The number of ether oxygens (including phenoxy) is 3. The molecule has 0 bridgehead atoms. The molecule has 1 aliphatic rings. The second-order valence-electron chi connectivity index (χ2n) is 8.08. The third kappa shape index (κ3) is 8.91. The fourth-order valence-electron chi connectivity index (χ4n) is 2.64. The van der Waals surface area contributed by atoms with E-state index in [9.17, 15) is 27.9 Å². The summed E-state index contributed by atoms with van der Waals surface area (Å²) in [7, 11) is 0. The van der Waals surface area contributed by atoms with Gasteiger partial charge in [-0.25, -0.2) is 9.59 Å². The summed E-state index contributed by atoms with van der Waals surface area (Å²) in [6.45, 7) is 3.64. The van der Waals surface area contributed by atoms with E-state index in [1.807, 2.05) is 0 Å². The summed E-state index contributed by atoms with van der Waals surface area (Å²) in [6.07, 6.45) is -4.78. The van der Waals surface area contributed by atoms with E-state index in [4.69, 9.17) is 14.2 Å². The fourth-order valence-corrected chi connectivity index (χ4v) is 2.64. The van der Waals surface area contributed by atoms with Crippen LogP contribution < -0.4 is 10.1 Å². The zero-order valence-corrected chi connectivity index (χ0v) is 17.6. The number of alkyl halides is 3. The van der Waals surface area contributed by atoms with Gasteiger partial charge in [0.15, 0.2) is 0 Å². The molecule has 11 heteroatoms. The zero-order chi connectivity index (χ0) is 23.2. The number of nitrogens with zero attached hydrogens (tertiary/aromatic N) is 1. The lowest BCUT2D eigenvalue weighted by molar-refractivity contribution is -0.145. The first kappa shape index (κ1) is 24.6. The van der Waals surface area contributed by atoms with Crippen molar-refractivity contribution in [3.8, 4) is 5.75 Å². The summed E-state index contributed by atoms with van der Waals surface area (Å²) in [4.78, 5) is 24.0. The van der Waals surface area contributed by atoms with Crippen molar-refractivity contribution in [3.05, 3.63) is 23.8 Å². The third-order valence-electron chi connectivity index (χ3n) is 4.13. The molecule has 0 saturated carbocycles. The molecule has 1 heterocycles. The van der Waals surface area contributed by atoms with Gasteiger partial charge in [-0.2, -0.15) is 13.2 Å². The third-order valence-corrected chi connectivity index (χ3v) is 4.13. The zero-order valence-electron chi connectivity index (χ0n) is 17.6. The van der Waals surface area contributed by atoms with Crippen molar-refractivity contribution in [1.82, 2.24) is 4.90 Å². The van der Waals surface area contributed by atoms with E-state index in [1.54, 1.807) is 20.8 Å². The molecule has 0 radical (unpaired) electrons. The predicted molar refractivity (Wildman–Crippen MR) is 106 cm³/mol. The number of aromatic carboxylic acids is 1. The number of hydrogen-bond donors (Lipinski definition) is 2. The second kappa shape index (κ2) is 10.1. The van der Waals surface area contributed by atoms with E-state index in [1.165, 1.54) is 18.2 Å². The Morgan fingerprint density at radius 3 is 2.45 bits per heavy atom. The Kier molecular flexibility index (Phi) is 7.99. The van der Waals surface area contributed by atoms with Crippen LogP contribution in [0.25, 0.3) is 0 Å². The molecule has 1 fully saturated rings. The Labute approximate surface area is 178 Å². The lowest BCUT2D eigenvalue weighted by Crippen LogP contribution is -2.44. The average molecular weight is 448 g/mol. The number of carboxylic acid groups (broad SMARTS) is 1.